The maximum absolute atomic E-state index is 11.2. The molecule has 3 spiro atoms. The Morgan fingerprint density at radius 3 is 2.54 bits per heavy atom. The van der Waals surface area contributed by atoms with Gasteiger partial charge in [0.2, 0.25) is 0 Å². The van der Waals surface area contributed by atoms with Gasteiger partial charge in [0.1, 0.15) is 5.75 Å². The van der Waals surface area contributed by atoms with Crippen LogP contribution in [0.15, 0.2) is 54.6 Å². The van der Waals surface area contributed by atoms with Crippen LogP contribution < -0.4 is 10.6 Å². The van der Waals surface area contributed by atoms with E-state index in [1.807, 2.05) is 6.07 Å². The first-order valence-electron chi connectivity index (χ1n) is 20.4. The van der Waals surface area contributed by atoms with Crippen LogP contribution in [0.3, 0.4) is 0 Å². The molecule has 1 aliphatic heterocycles. The van der Waals surface area contributed by atoms with Crippen LogP contribution in [-0.4, -0.2) is 36.2 Å². The normalized spacial score (nSPS) is 38.6. The summed E-state index contributed by atoms with van der Waals surface area (Å²) >= 11 is 0. The molecule has 0 unspecified atom stereocenters. The Bertz CT molecular complexity index is 1520. The molecule has 2 aromatic rings. The van der Waals surface area contributed by atoms with Gasteiger partial charge < -0.3 is 15.7 Å². The highest BCUT2D eigenvalue weighted by Gasteiger charge is 2.63. The highest BCUT2D eigenvalue weighted by atomic mass is 33.1. The highest BCUT2D eigenvalue weighted by molar-refractivity contribution is 8.76. The topological polar surface area (TPSA) is 44.3 Å². The fourth-order valence-corrected chi connectivity index (χ4v) is 16.0. The summed E-state index contributed by atoms with van der Waals surface area (Å²) in [6.07, 6.45) is 24.6. The largest absolute Gasteiger partial charge is 0.508 e. The van der Waals surface area contributed by atoms with E-state index in [1.165, 1.54) is 112 Å². The Kier molecular flexibility index (Phi) is 10.5. The van der Waals surface area contributed by atoms with Crippen molar-refractivity contribution in [2.24, 2.45) is 51.8 Å². The van der Waals surface area contributed by atoms with Gasteiger partial charge in [-0.2, -0.15) is 0 Å². The minimum absolute atomic E-state index is 0.356. The summed E-state index contributed by atoms with van der Waals surface area (Å²) < 4.78 is 0. The van der Waals surface area contributed by atoms with Gasteiger partial charge in [-0.15, -0.1) is 0 Å². The molecule has 8 rings (SSSR count). The number of nitrogens with one attached hydrogen (secondary N) is 2. The van der Waals surface area contributed by atoms with E-state index in [0.29, 0.717) is 34.0 Å². The zero-order valence-corrected chi connectivity index (χ0v) is 32.9. The summed E-state index contributed by atoms with van der Waals surface area (Å²) in [4.78, 5) is 0. The second-order valence-electron chi connectivity index (χ2n) is 18.6. The summed E-state index contributed by atoms with van der Waals surface area (Å²) in [5, 5.41) is 18.7. The number of rotatable bonds is 2. The number of phenols is 1. The van der Waals surface area contributed by atoms with E-state index in [9.17, 15) is 5.11 Å². The van der Waals surface area contributed by atoms with Gasteiger partial charge in [-0.05, 0) is 184 Å². The summed E-state index contributed by atoms with van der Waals surface area (Å²) in [7, 11) is 6.46. The summed E-state index contributed by atoms with van der Waals surface area (Å²) in [5.41, 5.74) is 6.80. The fraction of sp³-hybridized carbons (Fsp3) is 0.689. The van der Waals surface area contributed by atoms with E-state index in [-0.39, 0.29) is 0 Å². The lowest BCUT2D eigenvalue weighted by Crippen LogP contribution is -2.52. The van der Waals surface area contributed by atoms with E-state index >= 15 is 0 Å². The molecule has 0 radical (unpaired) electrons. The molecule has 3 nitrogen and oxygen atoms in total. The number of fused-ring (bicyclic) bond motifs is 8. The first kappa shape index (κ1) is 35.6. The number of aromatic hydroxyl groups is 1. The van der Waals surface area contributed by atoms with E-state index in [0.717, 1.165) is 54.7 Å². The van der Waals surface area contributed by atoms with Gasteiger partial charge in [-0.3, -0.25) is 0 Å². The molecule has 5 heteroatoms. The first-order valence-corrected chi connectivity index (χ1v) is 22.9. The van der Waals surface area contributed by atoms with Crippen LogP contribution in [0.4, 0.5) is 0 Å². The summed E-state index contributed by atoms with van der Waals surface area (Å²) in [6.45, 7) is 7.01. The number of allylic oxidation sites excluding steroid dienone is 2. The Hall–Kier alpha value is -1.40. The van der Waals surface area contributed by atoms with Gasteiger partial charge in [0.25, 0.3) is 0 Å². The fourth-order valence-electron chi connectivity index (χ4n) is 13.3. The molecule has 0 amide bonds. The second kappa shape index (κ2) is 14.8. The lowest BCUT2D eigenvalue weighted by Gasteiger charge is -2.60. The monoisotopic (exact) mass is 712 g/mol. The zero-order valence-electron chi connectivity index (χ0n) is 31.2. The average Bonchev–Trinajstić information content (AvgIpc) is 3.66. The van der Waals surface area contributed by atoms with Crippen LogP contribution in [0.25, 0.3) is 0 Å². The Labute approximate surface area is 311 Å². The maximum atomic E-state index is 11.2. The molecular formula is C45H64N2OS2. The molecule has 4 saturated carbocycles. The predicted octanol–water partition coefficient (Wildman–Crippen LogP) is 10.6. The Morgan fingerprint density at radius 1 is 0.920 bits per heavy atom. The molecule has 50 heavy (non-hydrogen) atoms. The Morgan fingerprint density at radius 2 is 1.72 bits per heavy atom. The van der Waals surface area contributed by atoms with Crippen molar-refractivity contribution in [2.75, 3.05) is 25.1 Å². The van der Waals surface area contributed by atoms with Gasteiger partial charge in [-0.1, -0.05) is 83.8 Å². The number of phenolic OH excluding ortho intramolecular Hbond substituents is 1. The Balaban J connectivity index is 1.17. The molecular weight excluding hydrogens is 649 g/mol. The molecule has 4 bridgehead atoms. The molecule has 272 valence electrons. The molecule has 2 aromatic carbocycles. The van der Waals surface area contributed by atoms with E-state index < -0.39 is 0 Å². The number of hydrogen-bond acceptors (Lipinski definition) is 5. The molecule has 0 aromatic heterocycles. The minimum Gasteiger partial charge on any atom is -0.508 e. The van der Waals surface area contributed by atoms with Crippen molar-refractivity contribution in [2.45, 2.75) is 116 Å². The van der Waals surface area contributed by atoms with Crippen LogP contribution in [0.2, 0.25) is 0 Å². The SMILES string of the molecule is CNC[C@H]1C[C@@]2(C[C@H]3[C@H]4Cc5cc(O)cc(c5)Cc5ccccc5CN[C@@H](C)CSSC[C@H](C4)C[C@H]3[C@]3(C=CC[C@H](C)C3)C2)CC12CCCC2. The third-order valence-electron chi connectivity index (χ3n) is 14.9. The second-order valence-corrected chi connectivity index (χ2v) is 21.2. The molecule has 3 N–H and O–H groups in total. The van der Waals surface area contributed by atoms with Crippen molar-refractivity contribution < 1.29 is 5.11 Å². The third kappa shape index (κ3) is 7.25. The first-order chi connectivity index (χ1) is 24.3. The van der Waals surface area contributed by atoms with Gasteiger partial charge in [-0.25, -0.2) is 0 Å². The lowest BCUT2D eigenvalue weighted by atomic mass is 9.44. The summed E-state index contributed by atoms with van der Waals surface area (Å²) in [6, 6.07) is 16.0. The predicted molar refractivity (Wildman–Crippen MR) is 215 cm³/mol. The molecule has 5 aliphatic carbocycles. The van der Waals surface area contributed by atoms with Gasteiger partial charge in [0.05, 0.1) is 0 Å². The molecule has 6 aliphatic rings. The van der Waals surface area contributed by atoms with Crippen molar-refractivity contribution in [1.29, 1.82) is 0 Å². The van der Waals surface area contributed by atoms with Crippen molar-refractivity contribution >= 4 is 21.6 Å². The van der Waals surface area contributed by atoms with E-state index in [1.54, 1.807) is 0 Å². The van der Waals surface area contributed by atoms with Gasteiger partial charge in [0.15, 0.2) is 0 Å². The number of benzene rings is 2. The summed E-state index contributed by atoms with van der Waals surface area (Å²) in [5.74, 6) is 7.52. The third-order valence-corrected chi connectivity index (χ3v) is 17.6. The molecule has 9 atom stereocenters. The van der Waals surface area contributed by atoms with Crippen LogP contribution in [0, 0.1) is 51.8 Å². The van der Waals surface area contributed by atoms with Crippen molar-refractivity contribution in [3.05, 3.63) is 76.9 Å². The van der Waals surface area contributed by atoms with Crippen molar-refractivity contribution in [1.82, 2.24) is 10.6 Å². The van der Waals surface area contributed by atoms with Crippen molar-refractivity contribution in [3.8, 4) is 5.75 Å². The van der Waals surface area contributed by atoms with Crippen LogP contribution in [0.1, 0.15) is 113 Å². The van der Waals surface area contributed by atoms with Gasteiger partial charge in [0, 0.05) is 24.1 Å². The van der Waals surface area contributed by atoms with Crippen LogP contribution in [0.5, 0.6) is 5.75 Å². The maximum Gasteiger partial charge on any atom is 0.116 e. The molecule has 0 saturated heterocycles. The number of hydrogen-bond donors (Lipinski definition) is 3. The standard InChI is InChI=1S/C45H64N2OS2/c1-31-9-8-14-45(22-31)30-43(23-39(26-46-3)44(29-43)12-6-7-13-44)24-41-38-17-34-15-33(19-40(48)20-34)16-36-10-4-5-11-37(36)25-47-32(2)27-49-50-28-35(18-38)21-42(41)45/h4-5,8,10-11,14-15,19-20,31-32,35,38-39,41-42,46-48H,6-7,9,12-13,16-18,21-30H2,1-3H3/t31-,32-,35+,38-,39+,41-,42+,43+,45-/m0/s1. The minimum atomic E-state index is 0.356. The van der Waals surface area contributed by atoms with E-state index in [4.69, 9.17) is 0 Å². The molecule has 4 fully saturated rings. The van der Waals surface area contributed by atoms with Crippen LogP contribution >= 0.6 is 21.6 Å². The highest BCUT2D eigenvalue weighted by Crippen LogP contribution is 2.72. The zero-order chi connectivity index (χ0) is 34.3. The van der Waals surface area contributed by atoms with E-state index in [2.05, 4.69) is 102 Å². The smallest absolute Gasteiger partial charge is 0.116 e. The molecule has 1 heterocycles. The quantitative estimate of drug-likeness (QED) is 0.214. The average molecular weight is 713 g/mol. The van der Waals surface area contributed by atoms with Gasteiger partial charge >= 0.3 is 0 Å². The van der Waals surface area contributed by atoms with Crippen LogP contribution in [-0.2, 0) is 19.4 Å². The lowest BCUT2D eigenvalue weighted by molar-refractivity contribution is -0.0844. The van der Waals surface area contributed by atoms with Crippen molar-refractivity contribution in [3.63, 3.8) is 0 Å².